The van der Waals surface area contributed by atoms with Gasteiger partial charge < -0.3 is 15.0 Å². The highest BCUT2D eigenvalue weighted by molar-refractivity contribution is 7.99. The number of amides is 2. The van der Waals surface area contributed by atoms with Crippen LogP contribution in [0.15, 0.2) is 48.5 Å². The Bertz CT molecular complexity index is 881. The first-order chi connectivity index (χ1) is 14.6. The Labute approximate surface area is 194 Å². The van der Waals surface area contributed by atoms with E-state index in [1.807, 2.05) is 69.3 Å². The van der Waals surface area contributed by atoms with Crippen molar-refractivity contribution in [3.63, 3.8) is 0 Å². The summed E-state index contributed by atoms with van der Waals surface area (Å²) in [5.41, 5.74) is 1.62. The second-order valence-electron chi connectivity index (χ2n) is 8.41. The van der Waals surface area contributed by atoms with E-state index in [-0.39, 0.29) is 23.1 Å². The van der Waals surface area contributed by atoms with Gasteiger partial charge in [0.05, 0.1) is 12.9 Å². The Balaban J connectivity index is 2.10. The first kappa shape index (κ1) is 25.1. The Morgan fingerprint density at radius 2 is 1.81 bits per heavy atom. The molecule has 0 aromatic heterocycles. The molecule has 0 heterocycles. The van der Waals surface area contributed by atoms with Crippen molar-refractivity contribution in [3.8, 4) is 5.75 Å². The number of methoxy groups -OCH3 is 1. The average molecular weight is 463 g/mol. The number of thioether (sulfide) groups is 1. The Kier molecular flexibility index (Phi) is 9.26. The zero-order valence-corrected chi connectivity index (χ0v) is 20.3. The molecule has 5 nitrogen and oxygen atoms in total. The molecule has 0 radical (unpaired) electrons. The molecule has 0 saturated heterocycles. The highest BCUT2D eigenvalue weighted by atomic mass is 35.5. The minimum Gasteiger partial charge on any atom is -0.497 e. The number of rotatable bonds is 9. The molecule has 0 bridgehead atoms. The molecule has 0 saturated carbocycles. The number of benzene rings is 2. The summed E-state index contributed by atoms with van der Waals surface area (Å²) in [6.45, 7) is 7.89. The summed E-state index contributed by atoms with van der Waals surface area (Å²) in [6.07, 6.45) is 0. The number of hydrogen-bond donors (Lipinski definition) is 1. The number of nitrogens with one attached hydrogen (secondary N) is 1. The van der Waals surface area contributed by atoms with E-state index in [4.69, 9.17) is 16.3 Å². The molecule has 0 spiro atoms. The van der Waals surface area contributed by atoms with Crippen LogP contribution in [0, 0.1) is 0 Å². The third-order valence-corrected chi connectivity index (χ3v) is 5.78. The molecule has 0 unspecified atom stereocenters. The molecule has 0 aliphatic rings. The maximum absolute atomic E-state index is 13.1. The molecule has 2 aromatic carbocycles. The van der Waals surface area contributed by atoms with Gasteiger partial charge in [-0.2, -0.15) is 0 Å². The van der Waals surface area contributed by atoms with Gasteiger partial charge in [-0.1, -0.05) is 35.9 Å². The SMILES string of the molecule is COc1ccc(CN(C(=O)CSCc2cccc(Cl)c2)[C@@H](C)C(=O)NC(C)(C)C)cc1. The summed E-state index contributed by atoms with van der Waals surface area (Å²) in [5.74, 6) is 1.44. The molecule has 1 N–H and O–H groups in total. The zero-order chi connectivity index (χ0) is 23.0. The fourth-order valence-corrected chi connectivity index (χ4v) is 4.02. The first-order valence-corrected chi connectivity index (χ1v) is 11.7. The van der Waals surface area contributed by atoms with E-state index in [9.17, 15) is 9.59 Å². The lowest BCUT2D eigenvalue weighted by Gasteiger charge is -2.31. The minimum atomic E-state index is -0.597. The van der Waals surface area contributed by atoms with Crippen LogP contribution in [0.5, 0.6) is 5.75 Å². The van der Waals surface area contributed by atoms with Crippen molar-refractivity contribution in [1.29, 1.82) is 0 Å². The number of carbonyl (C=O) groups is 2. The molecule has 0 aliphatic heterocycles. The van der Waals surface area contributed by atoms with Crippen LogP contribution in [-0.4, -0.2) is 41.2 Å². The number of halogens is 1. The third-order valence-electron chi connectivity index (χ3n) is 4.56. The number of ether oxygens (including phenoxy) is 1. The van der Waals surface area contributed by atoms with Crippen molar-refractivity contribution >= 4 is 35.2 Å². The lowest BCUT2D eigenvalue weighted by Crippen LogP contribution is -2.52. The summed E-state index contributed by atoms with van der Waals surface area (Å²) in [7, 11) is 1.61. The molecule has 1 atom stereocenters. The van der Waals surface area contributed by atoms with Crippen molar-refractivity contribution < 1.29 is 14.3 Å². The van der Waals surface area contributed by atoms with Crippen molar-refractivity contribution in [2.45, 2.75) is 51.6 Å². The van der Waals surface area contributed by atoms with Gasteiger partial charge in [0.15, 0.2) is 0 Å². The molecule has 2 aromatic rings. The van der Waals surface area contributed by atoms with E-state index in [2.05, 4.69) is 5.32 Å². The molecule has 0 aliphatic carbocycles. The lowest BCUT2D eigenvalue weighted by molar-refractivity contribution is -0.139. The van der Waals surface area contributed by atoms with Crippen LogP contribution in [0.4, 0.5) is 0 Å². The van der Waals surface area contributed by atoms with E-state index in [1.165, 1.54) is 11.8 Å². The quantitative estimate of drug-likeness (QED) is 0.575. The molecular formula is C24H31ClN2O3S. The van der Waals surface area contributed by atoms with Gasteiger partial charge in [-0.25, -0.2) is 0 Å². The van der Waals surface area contributed by atoms with E-state index in [1.54, 1.807) is 18.9 Å². The van der Waals surface area contributed by atoms with Crippen molar-refractivity contribution in [3.05, 3.63) is 64.7 Å². The highest BCUT2D eigenvalue weighted by Gasteiger charge is 2.28. The largest absolute Gasteiger partial charge is 0.497 e. The Morgan fingerprint density at radius 1 is 1.13 bits per heavy atom. The molecule has 7 heteroatoms. The molecule has 2 rings (SSSR count). The topological polar surface area (TPSA) is 58.6 Å². The highest BCUT2D eigenvalue weighted by Crippen LogP contribution is 2.19. The van der Waals surface area contributed by atoms with E-state index >= 15 is 0 Å². The van der Waals surface area contributed by atoms with Crippen LogP contribution in [0.2, 0.25) is 5.02 Å². The average Bonchev–Trinajstić information content (AvgIpc) is 2.70. The summed E-state index contributed by atoms with van der Waals surface area (Å²) in [5, 5.41) is 3.65. The lowest BCUT2D eigenvalue weighted by atomic mass is 10.1. The summed E-state index contributed by atoms with van der Waals surface area (Å²) < 4.78 is 5.21. The minimum absolute atomic E-state index is 0.0839. The predicted octanol–water partition coefficient (Wildman–Crippen LogP) is 4.91. The van der Waals surface area contributed by atoms with Crippen molar-refractivity contribution in [2.24, 2.45) is 0 Å². The van der Waals surface area contributed by atoms with Crippen LogP contribution < -0.4 is 10.1 Å². The van der Waals surface area contributed by atoms with Gasteiger partial charge in [-0.15, -0.1) is 11.8 Å². The van der Waals surface area contributed by atoms with E-state index < -0.39 is 6.04 Å². The van der Waals surface area contributed by atoms with Gasteiger partial charge in [0, 0.05) is 22.9 Å². The molecule has 168 valence electrons. The first-order valence-electron chi connectivity index (χ1n) is 10.2. The van der Waals surface area contributed by atoms with Gasteiger partial charge in [0.2, 0.25) is 11.8 Å². The van der Waals surface area contributed by atoms with Gasteiger partial charge in [0.1, 0.15) is 11.8 Å². The summed E-state index contributed by atoms with van der Waals surface area (Å²) in [4.78, 5) is 27.5. The van der Waals surface area contributed by atoms with Gasteiger partial charge >= 0.3 is 0 Å². The van der Waals surface area contributed by atoms with Crippen LogP contribution in [0.3, 0.4) is 0 Å². The van der Waals surface area contributed by atoms with E-state index in [0.29, 0.717) is 17.3 Å². The summed E-state index contributed by atoms with van der Waals surface area (Å²) >= 11 is 7.55. The Morgan fingerprint density at radius 3 is 2.39 bits per heavy atom. The van der Waals surface area contributed by atoms with Gasteiger partial charge in [-0.05, 0) is 63.1 Å². The molecule has 2 amide bonds. The second-order valence-corrected chi connectivity index (χ2v) is 9.83. The number of hydrogen-bond acceptors (Lipinski definition) is 4. The third kappa shape index (κ3) is 8.46. The normalized spacial score (nSPS) is 12.2. The van der Waals surface area contributed by atoms with Gasteiger partial charge in [-0.3, -0.25) is 9.59 Å². The number of carbonyl (C=O) groups excluding carboxylic acids is 2. The zero-order valence-electron chi connectivity index (χ0n) is 18.8. The molecule has 31 heavy (non-hydrogen) atoms. The predicted molar refractivity (Wildman–Crippen MR) is 129 cm³/mol. The van der Waals surface area contributed by atoms with Crippen LogP contribution in [0.25, 0.3) is 0 Å². The maximum atomic E-state index is 13.1. The fourth-order valence-electron chi connectivity index (χ4n) is 2.95. The van der Waals surface area contributed by atoms with Gasteiger partial charge in [0.25, 0.3) is 0 Å². The monoisotopic (exact) mass is 462 g/mol. The smallest absolute Gasteiger partial charge is 0.242 e. The van der Waals surface area contributed by atoms with Crippen molar-refractivity contribution in [2.75, 3.05) is 12.9 Å². The molecule has 0 fully saturated rings. The van der Waals surface area contributed by atoms with Crippen LogP contribution >= 0.6 is 23.4 Å². The fraction of sp³-hybridized carbons (Fsp3) is 0.417. The second kappa shape index (κ2) is 11.4. The van der Waals surface area contributed by atoms with Crippen LogP contribution in [-0.2, 0) is 21.9 Å². The van der Waals surface area contributed by atoms with Crippen LogP contribution in [0.1, 0.15) is 38.8 Å². The van der Waals surface area contributed by atoms with E-state index in [0.717, 1.165) is 16.9 Å². The summed E-state index contributed by atoms with van der Waals surface area (Å²) in [6, 6.07) is 14.5. The maximum Gasteiger partial charge on any atom is 0.242 e. The Hall–Kier alpha value is -2.18. The van der Waals surface area contributed by atoms with Crippen molar-refractivity contribution in [1.82, 2.24) is 10.2 Å². The standard InChI is InChI=1S/C24H31ClN2O3S/c1-17(23(29)26-24(2,3)4)27(14-18-9-11-21(30-5)12-10-18)22(28)16-31-15-19-7-6-8-20(25)13-19/h6-13,17H,14-16H2,1-5H3,(H,26,29)/t17-/m0/s1. The molecular weight excluding hydrogens is 432 g/mol. The number of nitrogens with zero attached hydrogens (tertiary/aromatic N) is 1.